The maximum atomic E-state index is 14.6. The third kappa shape index (κ3) is 2.65. The largest absolute Gasteiger partial charge is 0.463 e. The highest BCUT2D eigenvalue weighted by Gasteiger charge is 2.30. The van der Waals surface area contributed by atoms with Gasteiger partial charge in [-0.15, -0.1) is 0 Å². The zero-order chi connectivity index (χ0) is 19.3. The predicted octanol–water partition coefficient (Wildman–Crippen LogP) is 4.45. The number of halogens is 1. The number of amides is 1. The summed E-state index contributed by atoms with van der Waals surface area (Å²) in [7, 11) is 0. The van der Waals surface area contributed by atoms with Gasteiger partial charge in [0.05, 0.1) is 16.8 Å². The molecule has 1 aliphatic carbocycles. The quantitative estimate of drug-likeness (QED) is 0.557. The molecule has 0 radical (unpaired) electrons. The number of rotatable bonds is 3. The minimum atomic E-state index is -0.362. The van der Waals surface area contributed by atoms with E-state index >= 15 is 0 Å². The van der Waals surface area contributed by atoms with Crippen molar-refractivity contribution in [3.05, 3.63) is 59.7 Å². The molecule has 0 unspecified atom stereocenters. The molecule has 140 valence electrons. The Bertz CT molecular complexity index is 1190. The normalized spacial score (nSPS) is 12.5. The molecular weight excluding hydrogens is 379 g/mol. The lowest BCUT2D eigenvalue weighted by molar-refractivity contribution is -0.114. The van der Waals surface area contributed by atoms with E-state index in [-0.39, 0.29) is 11.7 Å². The van der Waals surface area contributed by atoms with Gasteiger partial charge in [-0.05, 0) is 37.1 Å². The molecule has 6 nitrogen and oxygen atoms in total. The van der Waals surface area contributed by atoms with E-state index in [1.165, 1.54) is 24.3 Å². The summed E-state index contributed by atoms with van der Waals surface area (Å²) in [5.41, 5.74) is 3.74. The van der Waals surface area contributed by atoms with Gasteiger partial charge in [0.15, 0.2) is 10.9 Å². The minimum Gasteiger partial charge on any atom is -0.463 e. The summed E-state index contributed by atoms with van der Waals surface area (Å²) >= 11 is 1.38. The number of carbonyl (C=O) groups is 1. The molecule has 0 bridgehead atoms. The minimum absolute atomic E-state index is 0.167. The number of anilines is 1. The lowest BCUT2D eigenvalue weighted by Gasteiger charge is -2.10. The van der Waals surface area contributed by atoms with Crippen LogP contribution in [0.3, 0.4) is 0 Å². The number of aromatic nitrogens is 3. The van der Waals surface area contributed by atoms with Crippen LogP contribution in [-0.4, -0.2) is 20.7 Å². The molecule has 5 rings (SSSR count). The van der Waals surface area contributed by atoms with Gasteiger partial charge in [-0.2, -0.15) is 5.10 Å². The van der Waals surface area contributed by atoms with E-state index in [1.807, 2.05) is 6.07 Å². The van der Waals surface area contributed by atoms with Crippen molar-refractivity contribution in [3.8, 4) is 27.7 Å². The number of carbonyl (C=O) groups excluding carboxylic acids is 1. The molecule has 1 aliphatic rings. The number of benzene rings is 1. The summed E-state index contributed by atoms with van der Waals surface area (Å²) in [4.78, 5) is 16.8. The third-order valence-corrected chi connectivity index (χ3v) is 5.65. The van der Waals surface area contributed by atoms with Crippen LogP contribution in [0.1, 0.15) is 18.2 Å². The summed E-state index contributed by atoms with van der Waals surface area (Å²) < 4.78 is 21.8. The van der Waals surface area contributed by atoms with Gasteiger partial charge in [-0.1, -0.05) is 23.5 Å². The second kappa shape index (κ2) is 6.42. The summed E-state index contributed by atoms with van der Waals surface area (Å²) in [5.74, 6) is 0.102. The maximum Gasteiger partial charge on any atom is 0.223 e. The first-order valence-electron chi connectivity index (χ1n) is 8.80. The number of aryl methyl sites for hydroxylation is 1. The number of hydrogen-bond acceptors (Lipinski definition) is 5. The summed E-state index contributed by atoms with van der Waals surface area (Å²) in [5, 5.41) is 8.03. The molecule has 0 saturated carbocycles. The van der Waals surface area contributed by atoms with Crippen molar-refractivity contribution in [2.45, 2.75) is 19.8 Å². The van der Waals surface area contributed by atoms with Crippen molar-refractivity contribution in [1.29, 1.82) is 0 Å². The van der Waals surface area contributed by atoms with Gasteiger partial charge in [0.1, 0.15) is 22.9 Å². The average Bonchev–Trinajstić information content (AvgIpc) is 3.38. The average molecular weight is 394 g/mol. The van der Waals surface area contributed by atoms with E-state index in [0.29, 0.717) is 23.0 Å². The Kier molecular flexibility index (Phi) is 3.87. The Morgan fingerprint density at radius 3 is 2.86 bits per heavy atom. The fourth-order valence-corrected chi connectivity index (χ4v) is 4.56. The first-order valence-corrected chi connectivity index (χ1v) is 9.62. The van der Waals surface area contributed by atoms with Gasteiger partial charge in [0, 0.05) is 12.5 Å². The van der Waals surface area contributed by atoms with Crippen molar-refractivity contribution in [1.82, 2.24) is 14.8 Å². The Labute approximate surface area is 163 Å². The standard InChI is InChI=1S/C20H15FN4O2S/c1-11(26)22-20-23-14-9-8-12-17(19(14)28-20)24-25(15-6-3-2-5-13(15)21)18(12)16-7-4-10-27-16/h2-7,10H,8-9H2,1H3,(H,22,23,26). The van der Waals surface area contributed by atoms with Crippen molar-refractivity contribution >= 4 is 22.4 Å². The molecule has 28 heavy (non-hydrogen) atoms. The molecular formula is C20H15FN4O2S. The van der Waals surface area contributed by atoms with E-state index < -0.39 is 0 Å². The van der Waals surface area contributed by atoms with Crippen molar-refractivity contribution in [2.24, 2.45) is 0 Å². The maximum absolute atomic E-state index is 14.6. The number of hydrogen-bond donors (Lipinski definition) is 1. The van der Waals surface area contributed by atoms with Crippen molar-refractivity contribution in [2.75, 3.05) is 5.32 Å². The SMILES string of the molecule is CC(=O)Nc1nc2c(s1)-c1nn(-c3ccccc3F)c(-c3ccco3)c1CC2. The van der Waals surface area contributed by atoms with Crippen LogP contribution >= 0.6 is 11.3 Å². The zero-order valence-corrected chi connectivity index (χ0v) is 15.7. The second-order valence-electron chi connectivity index (χ2n) is 6.49. The monoisotopic (exact) mass is 394 g/mol. The van der Waals surface area contributed by atoms with E-state index in [9.17, 15) is 9.18 Å². The number of thiazole rings is 1. The molecule has 3 heterocycles. The van der Waals surface area contributed by atoms with Crippen molar-refractivity contribution in [3.63, 3.8) is 0 Å². The summed E-state index contributed by atoms with van der Waals surface area (Å²) in [6.07, 6.45) is 3.02. The van der Waals surface area contributed by atoms with Gasteiger partial charge >= 0.3 is 0 Å². The fraction of sp³-hybridized carbons (Fsp3) is 0.150. The van der Waals surface area contributed by atoms with Crippen LogP contribution in [0, 0.1) is 5.82 Å². The molecule has 1 amide bonds. The first-order chi connectivity index (χ1) is 13.6. The molecule has 0 saturated heterocycles. The summed E-state index contributed by atoms with van der Waals surface area (Å²) in [6.45, 7) is 1.45. The molecule has 0 aliphatic heterocycles. The lowest BCUT2D eigenvalue weighted by atomic mass is 9.97. The molecule has 0 spiro atoms. The van der Waals surface area contributed by atoms with Crippen LogP contribution in [-0.2, 0) is 17.6 Å². The van der Waals surface area contributed by atoms with Gasteiger partial charge in [0.2, 0.25) is 5.91 Å². The fourth-order valence-electron chi connectivity index (χ4n) is 3.49. The van der Waals surface area contributed by atoms with Crippen molar-refractivity contribution < 1.29 is 13.6 Å². The number of nitrogens with one attached hydrogen (secondary N) is 1. The molecule has 1 N–H and O–H groups in total. The molecule has 3 aromatic heterocycles. The van der Waals surface area contributed by atoms with Crippen LogP contribution < -0.4 is 5.32 Å². The van der Waals surface area contributed by atoms with Gasteiger partial charge in [-0.3, -0.25) is 4.79 Å². The molecule has 1 aromatic carbocycles. The van der Waals surface area contributed by atoms with Crippen LogP contribution in [0.25, 0.3) is 27.7 Å². The number of fused-ring (bicyclic) bond motifs is 3. The highest BCUT2D eigenvalue weighted by Crippen LogP contribution is 2.43. The molecule has 8 heteroatoms. The molecule has 0 fully saturated rings. The first kappa shape index (κ1) is 16.9. The molecule has 0 atom stereocenters. The van der Waals surface area contributed by atoms with E-state index in [0.717, 1.165) is 33.9 Å². The highest BCUT2D eigenvalue weighted by molar-refractivity contribution is 7.19. The van der Waals surface area contributed by atoms with Gasteiger partial charge in [0.25, 0.3) is 0 Å². The number of para-hydroxylation sites is 1. The van der Waals surface area contributed by atoms with Crippen LogP contribution in [0.15, 0.2) is 47.1 Å². The smallest absolute Gasteiger partial charge is 0.223 e. The second-order valence-corrected chi connectivity index (χ2v) is 7.49. The zero-order valence-electron chi connectivity index (χ0n) is 14.9. The van der Waals surface area contributed by atoms with E-state index in [2.05, 4.69) is 10.3 Å². The number of nitrogens with zero attached hydrogens (tertiary/aromatic N) is 3. The van der Waals surface area contributed by atoms with Gasteiger partial charge < -0.3 is 9.73 Å². The van der Waals surface area contributed by atoms with Crippen LogP contribution in [0.2, 0.25) is 0 Å². The van der Waals surface area contributed by atoms with E-state index in [4.69, 9.17) is 9.52 Å². The Morgan fingerprint density at radius 2 is 2.11 bits per heavy atom. The van der Waals surface area contributed by atoms with Crippen LogP contribution in [0.5, 0.6) is 0 Å². The third-order valence-electron chi connectivity index (χ3n) is 4.63. The predicted molar refractivity (Wildman–Crippen MR) is 104 cm³/mol. The lowest BCUT2D eigenvalue weighted by Crippen LogP contribution is -2.06. The van der Waals surface area contributed by atoms with Gasteiger partial charge in [-0.25, -0.2) is 14.1 Å². The molecule has 4 aromatic rings. The summed E-state index contributed by atoms with van der Waals surface area (Å²) in [6, 6.07) is 10.2. The number of furan rings is 1. The topological polar surface area (TPSA) is 73.0 Å². The van der Waals surface area contributed by atoms with Crippen LogP contribution in [0.4, 0.5) is 9.52 Å². The Balaban J connectivity index is 1.74. The highest BCUT2D eigenvalue weighted by atomic mass is 32.1. The van der Waals surface area contributed by atoms with E-state index in [1.54, 1.807) is 35.2 Å². The Morgan fingerprint density at radius 1 is 1.25 bits per heavy atom. The Hall–Kier alpha value is -3.26.